The topological polar surface area (TPSA) is 72.8 Å². The number of carbonyl (C=O) groups excluding carboxylic acids is 1. The molecule has 3 aromatic rings. The third-order valence-electron chi connectivity index (χ3n) is 4.90. The molecule has 0 spiro atoms. The van der Waals surface area contributed by atoms with Crippen molar-refractivity contribution in [3.63, 3.8) is 0 Å². The second kappa shape index (κ2) is 4.68. The van der Waals surface area contributed by atoms with Crippen LogP contribution >= 0.6 is 0 Å². The number of nitrogens with zero attached hydrogens (tertiary/aromatic N) is 3. The van der Waals surface area contributed by atoms with E-state index in [0.717, 1.165) is 22.2 Å². The van der Waals surface area contributed by atoms with Gasteiger partial charge in [-0.3, -0.25) is 9.89 Å². The maximum absolute atomic E-state index is 12.7. The van der Waals surface area contributed by atoms with Crippen molar-refractivity contribution in [1.29, 1.82) is 5.26 Å². The molecule has 0 unspecified atom stereocenters. The third kappa shape index (κ3) is 1.86. The predicted octanol–water partition coefficient (Wildman–Crippen LogP) is 3.47. The Morgan fingerprint density at radius 3 is 2.88 bits per heavy atom. The van der Waals surface area contributed by atoms with E-state index < -0.39 is 0 Å². The molecule has 2 aliphatic rings. The Morgan fingerprint density at radius 2 is 2.08 bits per heavy atom. The van der Waals surface area contributed by atoms with Gasteiger partial charge in [0.25, 0.3) is 5.91 Å². The van der Waals surface area contributed by atoms with E-state index >= 15 is 0 Å². The summed E-state index contributed by atoms with van der Waals surface area (Å²) in [6, 6.07) is 13.3. The fraction of sp³-hybridized carbons (Fsp3) is 0.211. The van der Waals surface area contributed by atoms with Crippen molar-refractivity contribution in [3.05, 3.63) is 58.8 Å². The first-order valence-corrected chi connectivity index (χ1v) is 8.07. The van der Waals surface area contributed by atoms with Crippen LogP contribution < -0.4 is 4.90 Å². The maximum Gasteiger partial charge on any atom is 0.258 e. The highest BCUT2D eigenvalue weighted by Crippen LogP contribution is 2.42. The first kappa shape index (κ1) is 13.3. The minimum absolute atomic E-state index is 0.00898. The number of nitriles is 1. The second-order valence-electron chi connectivity index (χ2n) is 6.49. The van der Waals surface area contributed by atoms with Gasteiger partial charge in [-0.2, -0.15) is 10.4 Å². The lowest BCUT2D eigenvalue weighted by Crippen LogP contribution is -2.22. The minimum atomic E-state index is -0.00898. The molecule has 0 radical (unpaired) electrons. The molecule has 2 heterocycles. The number of amides is 1. The quantitative estimate of drug-likeness (QED) is 0.787. The molecule has 116 valence electrons. The highest BCUT2D eigenvalue weighted by Gasteiger charge is 2.30. The molecule has 1 aromatic heterocycles. The van der Waals surface area contributed by atoms with Crippen molar-refractivity contribution in [2.45, 2.75) is 25.3 Å². The van der Waals surface area contributed by atoms with E-state index in [1.807, 2.05) is 12.1 Å². The zero-order chi connectivity index (χ0) is 16.3. The van der Waals surface area contributed by atoms with Gasteiger partial charge in [0.2, 0.25) is 0 Å². The van der Waals surface area contributed by atoms with Crippen LogP contribution in [-0.2, 0) is 6.54 Å². The highest BCUT2D eigenvalue weighted by molar-refractivity contribution is 6.10. The SMILES string of the molecule is N#Cc1ccc2c(c1)CN(c1ccc3n[nH]c(C4CC4)c3c1)C2=O. The van der Waals surface area contributed by atoms with Crippen LogP contribution in [0.4, 0.5) is 5.69 Å². The van der Waals surface area contributed by atoms with Gasteiger partial charge >= 0.3 is 0 Å². The average molecular weight is 314 g/mol. The summed E-state index contributed by atoms with van der Waals surface area (Å²) < 4.78 is 0. The number of nitrogens with one attached hydrogen (secondary N) is 1. The van der Waals surface area contributed by atoms with Crippen LogP contribution in [0.3, 0.4) is 0 Å². The number of hydrogen-bond acceptors (Lipinski definition) is 3. The van der Waals surface area contributed by atoms with Crippen molar-refractivity contribution < 1.29 is 4.79 Å². The Hall–Kier alpha value is -3.13. The zero-order valence-electron chi connectivity index (χ0n) is 12.9. The van der Waals surface area contributed by atoms with Crippen LogP contribution in [0.25, 0.3) is 10.9 Å². The Balaban J connectivity index is 1.57. The second-order valence-corrected chi connectivity index (χ2v) is 6.49. The van der Waals surface area contributed by atoms with E-state index in [0.29, 0.717) is 23.6 Å². The van der Waals surface area contributed by atoms with Crippen molar-refractivity contribution in [2.75, 3.05) is 4.90 Å². The van der Waals surface area contributed by atoms with Gasteiger partial charge in [0.05, 0.1) is 23.7 Å². The molecule has 0 bridgehead atoms. The van der Waals surface area contributed by atoms with E-state index in [1.165, 1.54) is 18.5 Å². The normalized spacial score (nSPS) is 16.5. The Kier molecular flexibility index (Phi) is 2.60. The fourth-order valence-electron chi connectivity index (χ4n) is 3.47. The molecule has 2 aromatic carbocycles. The summed E-state index contributed by atoms with van der Waals surface area (Å²) in [5, 5.41) is 17.7. The molecule has 1 aliphatic heterocycles. The maximum atomic E-state index is 12.7. The van der Waals surface area contributed by atoms with E-state index in [-0.39, 0.29) is 5.91 Å². The van der Waals surface area contributed by atoms with E-state index in [1.54, 1.807) is 23.1 Å². The molecular weight excluding hydrogens is 300 g/mol. The molecule has 1 aliphatic carbocycles. The zero-order valence-corrected chi connectivity index (χ0v) is 12.9. The standard InChI is InChI=1S/C19H14N4O/c20-9-11-1-5-15-13(7-11)10-23(19(15)24)14-4-6-17-16(8-14)18(22-21-17)12-2-3-12/h1,4-8,12H,2-3,10H2,(H,21,22). The molecule has 5 heteroatoms. The van der Waals surface area contributed by atoms with Crippen molar-refractivity contribution in [1.82, 2.24) is 10.2 Å². The number of rotatable bonds is 2. The molecular formula is C19H14N4O. The van der Waals surface area contributed by atoms with Crippen molar-refractivity contribution in [3.8, 4) is 6.07 Å². The number of anilines is 1. The first-order valence-electron chi connectivity index (χ1n) is 8.07. The lowest BCUT2D eigenvalue weighted by atomic mass is 10.1. The third-order valence-corrected chi connectivity index (χ3v) is 4.90. The molecule has 24 heavy (non-hydrogen) atoms. The van der Waals surface area contributed by atoms with Gasteiger partial charge in [-0.1, -0.05) is 0 Å². The Morgan fingerprint density at radius 1 is 1.21 bits per heavy atom. The van der Waals surface area contributed by atoms with Gasteiger partial charge in [0.1, 0.15) is 0 Å². The van der Waals surface area contributed by atoms with Gasteiger partial charge in [0, 0.05) is 28.2 Å². The average Bonchev–Trinajstić information content (AvgIpc) is 3.29. The number of fused-ring (bicyclic) bond motifs is 2. The van der Waals surface area contributed by atoms with Crippen molar-refractivity contribution >= 4 is 22.5 Å². The fourth-order valence-corrected chi connectivity index (χ4v) is 3.47. The van der Waals surface area contributed by atoms with Gasteiger partial charge in [-0.25, -0.2) is 0 Å². The van der Waals surface area contributed by atoms with Gasteiger partial charge in [-0.15, -0.1) is 0 Å². The minimum Gasteiger partial charge on any atom is -0.304 e. The number of hydrogen-bond donors (Lipinski definition) is 1. The van der Waals surface area contributed by atoms with Crippen LogP contribution in [0.15, 0.2) is 36.4 Å². The molecule has 1 fully saturated rings. The number of H-pyrrole nitrogens is 1. The van der Waals surface area contributed by atoms with Crippen LogP contribution in [-0.4, -0.2) is 16.1 Å². The molecule has 1 N–H and O–H groups in total. The number of benzene rings is 2. The molecule has 5 rings (SSSR count). The van der Waals surface area contributed by atoms with E-state index in [9.17, 15) is 4.79 Å². The lowest BCUT2D eigenvalue weighted by molar-refractivity contribution is 0.0996. The molecule has 0 atom stereocenters. The molecule has 0 saturated heterocycles. The summed E-state index contributed by atoms with van der Waals surface area (Å²) in [5.74, 6) is 0.570. The summed E-state index contributed by atoms with van der Waals surface area (Å²) in [6.45, 7) is 0.506. The summed E-state index contributed by atoms with van der Waals surface area (Å²) in [4.78, 5) is 14.5. The Bertz CT molecular complexity index is 1040. The van der Waals surface area contributed by atoms with Gasteiger partial charge in [-0.05, 0) is 54.8 Å². The van der Waals surface area contributed by atoms with E-state index in [4.69, 9.17) is 5.26 Å². The molecule has 1 saturated carbocycles. The smallest absolute Gasteiger partial charge is 0.258 e. The largest absolute Gasteiger partial charge is 0.304 e. The van der Waals surface area contributed by atoms with Gasteiger partial charge < -0.3 is 4.90 Å². The molecule has 1 amide bonds. The summed E-state index contributed by atoms with van der Waals surface area (Å²) in [7, 11) is 0. The number of aromatic amines is 1. The van der Waals surface area contributed by atoms with Gasteiger partial charge in [0.15, 0.2) is 0 Å². The highest BCUT2D eigenvalue weighted by atomic mass is 16.2. The van der Waals surface area contributed by atoms with Crippen LogP contribution in [0.5, 0.6) is 0 Å². The summed E-state index contributed by atoms with van der Waals surface area (Å²) in [5.41, 5.74) is 5.19. The molecule has 5 nitrogen and oxygen atoms in total. The van der Waals surface area contributed by atoms with Crippen LogP contribution in [0.1, 0.15) is 45.9 Å². The Labute approximate surface area is 138 Å². The van der Waals surface area contributed by atoms with Crippen molar-refractivity contribution in [2.24, 2.45) is 0 Å². The monoisotopic (exact) mass is 314 g/mol. The number of aromatic nitrogens is 2. The lowest BCUT2D eigenvalue weighted by Gasteiger charge is -2.15. The van der Waals surface area contributed by atoms with E-state index in [2.05, 4.69) is 22.3 Å². The first-order chi connectivity index (χ1) is 11.7. The van der Waals surface area contributed by atoms with Crippen LogP contribution in [0, 0.1) is 11.3 Å². The summed E-state index contributed by atoms with van der Waals surface area (Å²) in [6.07, 6.45) is 2.40. The van der Waals surface area contributed by atoms with Crippen LogP contribution in [0.2, 0.25) is 0 Å². The predicted molar refractivity (Wildman–Crippen MR) is 89.7 cm³/mol. The summed E-state index contributed by atoms with van der Waals surface area (Å²) >= 11 is 0. The number of carbonyl (C=O) groups is 1.